The number of halogens is 2. The smallest absolute Gasteiger partial charge is 0.191 e. The molecule has 0 fully saturated rings. The minimum Gasteiger partial charge on any atom is -0.383 e. The summed E-state index contributed by atoms with van der Waals surface area (Å²) in [5.41, 5.74) is 0.738. The predicted molar refractivity (Wildman–Crippen MR) is 112 cm³/mol. The number of aryl methyl sites for hydroxylation is 1. The van der Waals surface area contributed by atoms with Crippen LogP contribution in [0.1, 0.15) is 25.0 Å². The summed E-state index contributed by atoms with van der Waals surface area (Å²) in [6, 6.07) is 7.61. The van der Waals surface area contributed by atoms with E-state index in [4.69, 9.17) is 11.6 Å². The van der Waals surface area contributed by atoms with E-state index in [0.717, 1.165) is 17.7 Å². The predicted octanol–water partition coefficient (Wildman–Crippen LogP) is 2.65. The second kappa shape index (κ2) is 9.98. The molecule has 25 heavy (non-hydrogen) atoms. The summed E-state index contributed by atoms with van der Waals surface area (Å²) in [6.45, 7) is 5.30. The fraction of sp³-hybridized carbons (Fsp3) is 0.412. The van der Waals surface area contributed by atoms with Gasteiger partial charge in [0.25, 0.3) is 0 Å². The Morgan fingerprint density at radius 3 is 2.76 bits per heavy atom. The zero-order chi connectivity index (χ0) is 17.6. The highest BCUT2D eigenvalue weighted by Crippen LogP contribution is 2.18. The molecule has 0 bridgehead atoms. The molecule has 0 aliphatic carbocycles. The van der Waals surface area contributed by atoms with Crippen LogP contribution in [0.15, 0.2) is 41.7 Å². The molecule has 1 heterocycles. The van der Waals surface area contributed by atoms with Crippen LogP contribution in [0.2, 0.25) is 5.02 Å². The summed E-state index contributed by atoms with van der Waals surface area (Å²) in [5, 5.41) is 21.8. The van der Waals surface area contributed by atoms with Crippen molar-refractivity contribution in [2.24, 2.45) is 12.0 Å². The molecule has 0 amide bonds. The van der Waals surface area contributed by atoms with Gasteiger partial charge in [0, 0.05) is 30.4 Å². The average Bonchev–Trinajstić information content (AvgIpc) is 2.98. The molecule has 6 nitrogen and oxygen atoms in total. The Balaban J connectivity index is 0.00000312. The van der Waals surface area contributed by atoms with Crippen LogP contribution in [0.3, 0.4) is 0 Å². The van der Waals surface area contributed by atoms with Gasteiger partial charge in [-0.3, -0.25) is 4.68 Å². The second-order valence-corrected chi connectivity index (χ2v) is 6.29. The molecule has 1 aromatic heterocycles. The SMILES string of the molecule is CCNC(=NCc1cccc(Cl)c1)NCC(C)(O)c1cnn(C)c1.I. The first-order valence-electron chi connectivity index (χ1n) is 7.89. The van der Waals surface area contributed by atoms with Crippen molar-refractivity contribution < 1.29 is 5.11 Å². The quantitative estimate of drug-likeness (QED) is 0.340. The third kappa shape index (κ3) is 6.83. The summed E-state index contributed by atoms with van der Waals surface area (Å²) < 4.78 is 1.67. The maximum absolute atomic E-state index is 10.6. The first kappa shape index (κ1) is 21.7. The number of aliphatic hydroxyl groups is 1. The first-order valence-corrected chi connectivity index (χ1v) is 8.26. The van der Waals surface area contributed by atoms with Gasteiger partial charge in [-0.25, -0.2) is 4.99 Å². The van der Waals surface area contributed by atoms with Gasteiger partial charge in [0.15, 0.2) is 5.96 Å². The van der Waals surface area contributed by atoms with E-state index in [2.05, 4.69) is 20.7 Å². The maximum atomic E-state index is 10.6. The van der Waals surface area contributed by atoms with Crippen molar-refractivity contribution in [3.8, 4) is 0 Å². The number of nitrogens with zero attached hydrogens (tertiary/aromatic N) is 3. The van der Waals surface area contributed by atoms with Crippen LogP contribution in [0.5, 0.6) is 0 Å². The van der Waals surface area contributed by atoms with Crippen molar-refractivity contribution in [1.82, 2.24) is 20.4 Å². The third-order valence-corrected chi connectivity index (χ3v) is 3.81. The van der Waals surface area contributed by atoms with Gasteiger partial charge in [0.05, 0.1) is 19.3 Å². The largest absolute Gasteiger partial charge is 0.383 e. The number of aromatic nitrogens is 2. The lowest BCUT2D eigenvalue weighted by molar-refractivity contribution is 0.0616. The van der Waals surface area contributed by atoms with Crippen LogP contribution >= 0.6 is 35.6 Å². The van der Waals surface area contributed by atoms with Crippen LogP contribution in [-0.4, -0.2) is 33.9 Å². The number of hydrogen-bond donors (Lipinski definition) is 3. The Bertz CT molecular complexity index is 702. The maximum Gasteiger partial charge on any atom is 0.191 e. The van der Waals surface area contributed by atoms with Gasteiger partial charge in [-0.2, -0.15) is 5.10 Å². The van der Waals surface area contributed by atoms with E-state index in [9.17, 15) is 5.11 Å². The van der Waals surface area contributed by atoms with Crippen LogP contribution in [0.25, 0.3) is 0 Å². The molecule has 0 aliphatic rings. The van der Waals surface area contributed by atoms with Crippen molar-refractivity contribution in [3.63, 3.8) is 0 Å². The molecule has 3 N–H and O–H groups in total. The molecule has 1 atom stereocenters. The summed E-state index contributed by atoms with van der Waals surface area (Å²) in [6.07, 6.45) is 3.47. The van der Waals surface area contributed by atoms with Crippen LogP contribution in [-0.2, 0) is 19.2 Å². The molecule has 0 saturated heterocycles. The standard InChI is InChI=1S/C17H24ClN5O.HI/c1-4-19-16(20-9-13-6-5-7-15(18)8-13)21-12-17(2,24)14-10-22-23(3)11-14;/h5-8,10-11,24H,4,9,12H2,1-3H3,(H2,19,20,21);1H. The second-order valence-electron chi connectivity index (χ2n) is 5.86. The lowest BCUT2D eigenvalue weighted by Crippen LogP contribution is -2.44. The van der Waals surface area contributed by atoms with E-state index < -0.39 is 5.60 Å². The third-order valence-electron chi connectivity index (χ3n) is 3.58. The Hall–Kier alpha value is -1.32. The topological polar surface area (TPSA) is 74.5 Å². The molecule has 0 aliphatic heterocycles. The highest BCUT2D eigenvalue weighted by Gasteiger charge is 2.24. The Labute approximate surface area is 170 Å². The first-order chi connectivity index (χ1) is 11.4. The van der Waals surface area contributed by atoms with Gasteiger partial charge in [-0.05, 0) is 31.5 Å². The number of rotatable bonds is 6. The molecule has 1 unspecified atom stereocenters. The van der Waals surface area contributed by atoms with Crippen LogP contribution < -0.4 is 10.6 Å². The number of aliphatic imine (C=N–C) groups is 1. The zero-order valence-electron chi connectivity index (χ0n) is 14.7. The highest BCUT2D eigenvalue weighted by atomic mass is 127. The van der Waals surface area contributed by atoms with E-state index in [1.54, 1.807) is 24.0 Å². The summed E-state index contributed by atoms with van der Waals surface area (Å²) in [4.78, 5) is 4.53. The van der Waals surface area contributed by atoms with Crippen molar-refractivity contribution in [2.75, 3.05) is 13.1 Å². The Morgan fingerprint density at radius 2 is 2.16 bits per heavy atom. The number of guanidine groups is 1. The molecule has 138 valence electrons. The molecule has 0 saturated carbocycles. The minimum absolute atomic E-state index is 0. The Morgan fingerprint density at radius 1 is 1.40 bits per heavy atom. The average molecular weight is 478 g/mol. The minimum atomic E-state index is -1.04. The van der Waals surface area contributed by atoms with E-state index >= 15 is 0 Å². The van der Waals surface area contributed by atoms with E-state index in [0.29, 0.717) is 24.1 Å². The number of benzene rings is 1. The fourth-order valence-electron chi connectivity index (χ4n) is 2.20. The molecule has 8 heteroatoms. The lowest BCUT2D eigenvalue weighted by Gasteiger charge is -2.23. The number of hydrogen-bond acceptors (Lipinski definition) is 3. The molecule has 2 aromatic rings. The summed E-state index contributed by atoms with van der Waals surface area (Å²) in [7, 11) is 1.82. The monoisotopic (exact) mass is 477 g/mol. The molecule has 2 rings (SSSR count). The van der Waals surface area contributed by atoms with Crippen molar-refractivity contribution in [2.45, 2.75) is 26.0 Å². The molecule has 0 spiro atoms. The van der Waals surface area contributed by atoms with Gasteiger partial charge < -0.3 is 15.7 Å². The molecular formula is C17H25ClIN5O. The van der Waals surface area contributed by atoms with Gasteiger partial charge in [-0.1, -0.05) is 23.7 Å². The van der Waals surface area contributed by atoms with Crippen LogP contribution in [0.4, 0.5) is 0 Å². The lowest BCUT2D eigenvalue weighted by atomic mass is 10.00. The van der Waals surface area contributed by atoms with Gasteiger partial charge in [0.1, 0.15) is 5.60 Å². The van der Waals surface area contributed by atoms with Gasteiger partial charge in [0.2, 0.25) is 0 Å². The van der Waals surface area contributed by atoms with Crippen molar-refractivity contribution >= 4 is 41.5 Å². The molecule has 1 aromatic carbocycles. The molecular weight excluding hydrogens is 453 g/mol. The Kier molecular flexibility index (Phi) is 8.67. The molecule has 0 radical (unpaired) electrons. The van der Waals surface area contributed by atoms with E-state index in [-0.39, 0.29) is 24.0 Å². The number of nitrogens with one attached hydrogen (secondary N) is 2. The van der Waals surface area contributed by atoms with E-state index in [1.807, 2.05) is 38.2 Å². The zero-order valence-corrected chi connectivity index (χ0v) is 17.7. The van der Waals surface area contributed by atoms with Crippen molar-refractivity contribution in [1.29, 1.82) is 0 Å². The highest BCUT2D eigenvalue weighted by molar-refractivity contribution is 14.0. The van der Waals surface area contributed by atoms with Crippen LogP contribution in [0, 0.1) is 0 Å². The van der Waals surface area contributed by atoms with Gasteiger partial charge >= 0.3 is 0 Å². The van der Waals surface area contributed by atoms with E-state index in [1.165, 1.54) is 0 Å². The van der Waals surface area contributed by atoms with Crippen molar-refractivity contribution in [3.05, 3.63) is 52.8 Å². The normalized spacial score (nSPS) is 13.7. The van der Waals surface area contributed by atoms with Gasteiger partial charge in [-0.15, -0.1) is 24.0 Å². The summed E-state index contributed by atoms with van der Waals surface area (Å²) in [5.74, 6) is 0.640. The summed E-state index contributed by atoms with van der Waals surface area (Å²) >= 11 is 5.99. The fourth-order valence-corrected chi connectivity index (χ4v) is 2.42.